The molecule has 1 aliphatic heterocycles. The molecule has 24 heavy (non-hydrogen) atoms. The minimum atomic E-state index is -0.479. The Labute approximate surface area is 140 Å². The molecule has 4 nitrogen and oxygen atoms in total. The van der Waals surface area contributed by atoms with Crippen molar-refractivity contribution in [2.75, 3.05) is 7.11 Å². The molecule has 2 aromatic carbocycles. The maximum Gasteiger partial charge on any atom is 0.337 e. The minimum absolute atomic E-state index is 0.233. The minimum Gasteiger partial charge on any atom is -0.465 e. The Morgan fingerprint density at radius 2 is 1.83 bits per heavy atom. The van der Waals surface area contributed by atoms with Crippen LogP contribution >= 0.6 is 0 Å². The summed E-state index contributed by atoms with van der Waals surface area (Å²) in [4.78, 5) is 24.1. The zero-order chi connectivity index (χ0) is 17.3. The predicted octanol–water partition coefficient (Wildman–Crippen LogP) is 4.21. The van der Waals surface area contributed by atoms with Gasteiger partial charge in [0.25, 0.3) is 0 Å². The van der Waals surface area contributed by atoms with Crippen LogP contribution in [-0.4, -0.2) is 18.9 Å². The maximum atomic E-state index is 12.5. The lowest BCUT2D eigenvalue weighted by Gasteiger charge is -2.05. The molecule has 1 heterocycles. The van der Waals surface area contributed by atoms with Crippen molar-refractivity contribution in [3.05, 3.63) is 70.5 Å². The molecular formula is C20H18O4. The van der Waals surface area contributed by atoms with E-state index in [4.69, 9.17) is 4.74 Å². The first-order valence-corrected chi connectivity index (χ1v) is 7.76. The quantitative estimate of drug-likeness (QED) is 0.627. The van der Waals surface area contributed by atoms with Crippen molar-refractivity contribution in [1.82, 2.24) is 0 Å². The summed E-state index contributed by atoms with van der Waals surface area (Å²) in [5.41, 5.74) is 2.84. The summed E-state index contributed by atoms with van der Waals surface area (Å²) >= 11 is 0. The highest BCUT2D eigenvalue weighted by Gasteiger charge is 2.28. The van der Waals surface area contributed by atoms with Crippen molar-refractivity contribution in [2.45, 2.75) is 19.8 Å². The van der Waals surface area contributed by atoms with Gasteiger partial charge in [0.1, 0.15) is 5.75 Å². The van der Waals surface area contributed by atoms with Crippen LogP contribution in [0.4, 0.5) is 0 Å². The van der Waals surface area contributed by atoms with E-state index < -0.39 is 5.97 Å². The molecule has 0 bridgehead atoms. The number of Topliss-reactive ketones (excluding diaryl/α,β-unsaturated/α-hetero) is 1. The van der Waals surface area contributed by atoms with Gasteiger partial charge < -0.3 is 9.47 Å². The fraction of sp³-hybridized carbons (Fsp3) is 0.200. The average Bonchev–Trinajstić information content (AvgIpc) is 2.90. The second-order valence-corrected chi connectivity index (χ2v) is 5.96. The lowest BCUT2D eigenvalue weighted by atomic mass is 10.0. The number of hydrogen-bond donors (Lipinski definition) is 0. The summed E-state index contributed by atoms with van der Waals surface area (Å²) in [5.74, 6) is 0.454. The Hall–Kier alpha value is -2.88. The number of carbonyl (C=O) groups is 2. The zero-order valence-corrected chi connectivity index (χ0v) is 13.8. The van der Waals surface area contributed by atoms with Crippen molar-refractivity contribution in [2.24, 2.45) is 0 Å². The molecule has 0 amide bonds. The summed E-state index contributed by atoms with van der Waals surface area (Å²) in [6, 6.07) is 12.7. The first-order valence-electron chi connectivity index (χ1n) is 7.76. The van der Waals surface area contributed by atoms with E-state index in [9.17, 15) is 9.59 Å². The van der Waals surface area contributed by atoms with Crippen LogP contribution < -0.4 is 4.74 Å². The number of benzene rings is 2. The number of allylic oxidation sites excluding steroid dienone is 1. The van der Waals surface area contributed by atoms with E-state index in [1.807, 2.05) is 24.3 Å². The smallest absolute Gasteiger partial charge is 0.337 e. The van der Waals surface area contributed by atoms with Gasteiger partial charge in [-0.15, -0.1) is 0 Å². The van der Waals surface area contributed by atoms with Gasteiger partial charge in [0.15, 0.2) is 5.76 Å². The monoisotopic (exact) mass is 322 g/mol. The third-order valence-corrected chi connectivity index (χ3v) is 3.99. The molecule has 0 radical (unpaired) electrons. The molecule has 4 heteroatoms. The van der Waals surface area contributed by atoms with E-state index >= 15 is 0 Å². The van der Waals surface area contributed by atoms with Gasteiger partial charge in [-0.3, -0.25) is 4.79 Å². The van der Waals surface area contributed by atoms with Crippen molar-refractivity contribution in [3.63, 3.8) is 0 Å². The molecule has 0 atom stereocenters. The summed E-state index contributed by atoms with van der Waals surface area (Å²) in [6.07, 6.45) is 1.71. The van der Waals surface area contributed by atoms with Gasteiger partial charge in [-0.25, -0.2) is 4.79 Å². The van der Waals surface area contributed by atoms with Gasteiger partial charge >= 0.3 is 5.97 Å². The fourth-order valence-corrected chi connectivity index (χ4v) is 2.56. The third-order valence-electron chi connectivity index (χ3n) is 3.99. The van der Waals surface area contributed by atoms with Crippen molar-refractivity contribution >= 4 is 17.8 Å². The van der Waals surface area contributed by atoms with E-state index in [0.717, 1.165) is 5.56 Å². The van der Waals surface area contributed by atoms with Crippen LogP contribution in [0.5, 0.6) is 5.75 Å². The molecule has 122 valence electrons. The van der Waals surface area contributed by atoms with Crippen LogP contribution in [0.25, 0.3) is 6.08 Å². The van der Waals surface area contributed by atoms with E-state index in [0.29, 0.717) is 22.8 Å². The number of carbonyl (C=O) groups excluding carboxylic acids is 2. The molecule has 0 saturated carbocycles. The molecule has 0 N–H and O–H groups in total. The molecule has 0 spiro atoms. The molecule has 2 aromatic rings. The molecule has 1 aliphatic rings. The maximum absolute atomic E-state index is 12.5. The van der Waals surface area contributed by atoms with E-state index in [1.54, 1.807) is 18.2 Å². The van der Waals surface area contributed by atoms with Gasteiger partial charge in [-0.2, -0.15) is 0 Å². The Morgan fingerprint density at radius 3 is 2.46 bits per heavy atom. The number of esters is 1. The molecule has 0 saturated heterocycles. The Bertz CT molecular complexity index is 829. The molecule has 0 unspecified atom stereocenters. The van der Waals surface area contributed by atoms with Crippen molar-refractivity contribution < 1.29 is 19.1 Å². The summed E-state index contributed by atoms with van der Waals surface area (Å²) in [6.45, 7) is 4.26. The fourth-order valence-electron chi connectivity index (χ4n) is 2.56. The standard InChI is InChI=1S/C20H18O4/c1-12(2)14-6-4-13(5-7-14)10-18-19(21)16-11-15(20(22)23-3)8-9-17(16)24-18/h4-12H,1-3H3/b18-10+. The molecule has 0 fully saturated rings. The van der Waals surface area contributed by atoms with Gasteiger partial charge in [0, 0.05) is 0 Å². The lowest BCUT2D eigenvalue weighted by molar-refractivity contribution is 0.0600. The molecule has 3 rings (SSSR count). The van der Waals surface area contributed by atoms with Gasteiger partial charge in [0.2, 0.25) is 5.78 Å². The number of fused-ring (bicyclic) bond motifs is 1. The van der Waals surface area contributed by atoms with E-state index in [2.05, 4.69) is 18.6 Å². The van der Waals surface area contributed by atoms with Crippen LogP contribution in [0.2, 0.25) is 0 Å². The van der Waals surface area contributed by atoms with E-state index in [1.165, 1.54) is 18.7 Å². The van der Waals surface area contributed by atoms with Crippen LogP contribution in [-0.2, 0) is 4.74 Å². The third kappa shape index (κ3) is 2.95. The molecular weight excluding hydrogens is 304 g/mol. The van der Waals surface area contributed by atoms with Crippen LogP contribution in [0.3, 0.4) is 0 Å². The van der Waals surface area contributed by atoms with E-state index in [-0.39, 0.29) is 11.5 Å². The van der Waals surface area contributed by atoms with Gasteiger partial charge in [0.05, 0.1) is 18.2 Å². The highest BCUT2D eigenvalue weighted by Crippen LogP contribution is 2.32. The number of ether oxygens (including phenoxy) is 2. The molecule has 0 aliphatic carbocycles. The van der Waals surface area contributed by atoms with Crippen LogP contribution in [0, 0.1) is 0 Å². The second-order valence-electron chi connectivity index (χ2n) is 5.96. The predicted molar refractivity (Wildman–Crippen MR) is 91.2 cm³/mol. The topological polar surface area (TPSA) is 52.6 Å². The first-order chi connectivity index (χ1) is 11.5. The zero-order valence-electron chi connectivity index (χ0n) is 13.8. The van der Waals surface area contributed by atoms with Crippen molar-refractivity contribution in [1.29, 1.82) is 0 Å². The normalized spacial score (nSPS) is 14.7. The largest absolute Gasteiger partial charge is 0.465 e. The van der Waals surface area contributed by atoms with Gasteiger partial charge in [-0.1, -0.05) is 38.1 Å². The average molecular weight is 322 g/mol. The number of methoxy groups -OCH3 is 1. The molecule has 0 aromatic heterocycles. The Kier molecular flexibility index (Phi) is 4.21. The summed E-state index contributed by atoms with van der Waals surface area (Å²) < 4.78 is 10.3. The Balaban J connectivity index is 1.89. The van der Waals surface area contributed by atoms with Gasteiger partial charge in [-0.05, 0) is 41.3 Å². The van der Waals surface area contributed by atoms with Crippen LogP contribution in [0.1, 0.15) is 51.6 Å². The number of hydrogen-bond acceptors (Lipinski definition) is 4. The number of rotatable bonds is 3. The lowest BCUT2D eigenvalue weighted by Crippen LogP contribution is -2.02. The summed E-state index contributed by atoms with van der Waals surface area (Å²) in [5, 5.41) is 0. The first kappa shape index (κ1) is 16.0. The highest BCUT2D eigenvalue weighted by atomic mass is 16.5. The number of ketones is 1. The highest BCUT2D eigenvalue weighted by molar-refractivity contribution is 6.15. The SMILES string of the molecule is COC(=O)c1ccc2c(c1)C(=O)/C(=C\c1ccc(C(C)C)cc1)O2. The van der Waals surface area contributed by atoms with Crippen molar-refractivity contribution in [3.8, 4) is 5.75 Å². The Morgan fingerprint density at radius 1 is 1.12 bits per heavy atom. The van der Waals surface area contributed by atoms with Crippen LogP contribution in [0.15, 0.2) is 48.2 Å². The second kappa shape index (κ2) is 6.32. The summed E-state index contributed by atoms with van der Waals surface area (Å²) in [7, 11) is 1.31.